The normalized spacial score (nSPS) is 11.3. The highest BCUT2D eigenvalue weighted by Gasteiger charge is 2.15. The summed E-state index contributed by atoms with van der Waals surface area (Å²) in [5.41, 5.74) is 0.358. The number of phenols is 1. The number of carbonyl (C=O) groups is 2. The molecule has 1 aromatic rings. The Morgan fingerprint density at radius 2 is 1.12 bits per heavy atom. The molecule has 0 unspecified atom stereocenters. The van der Waals surface area contributed by atoms with E-state index in [0.29, 0.717) is 12.8 Å². The highest BCUT2D eigenvalue weighted by atomic mass is 16.6. The van der Waals surface area contributed by atoms with Gasteiger partial charge in [-0.05, 0) is 57.9 Å². The summed E-state index contributed by atoms with van der Waals surface area (Å²) in [5.74, 6) is 0.172. The van der Waals surface area contributed by atoms with Crippen molar-refractivity contribution in [3.8, 4) is 5.75 Å². The molecule has 5 nitrogen and oxygen atoms in total. The summed E-state index contributed by atoms with van der Waals surface area (Å²) in [5, 5.41) is 12.1. The number of amides is 1. The van der Waals surface area contributed by atoms with Crippen LogP contribution in [0.15, 0.2) is 24.3 Å². The second-order valence-electron chi connectivity index (χ2n) is 9.78. The van der Waals surface area contributed by atoms with Crippen LogP contribution in [0.3, 0.4) is 0 Å². The van der Waals surface area contributed by atoms with Gasteiger partial charge in [-0.25, -0.2) is 0 Å². The minimum Gasteiger partial charge on any atom is -0.508 e. The molecule has 1 amide bonds. The van der Waals surface area contributed by atoms with Crippen LogP contribution in [0.4, 0.5) is 5.69 Å². The van der Waals surface area contributed by atoms with Crippen LogP contribution in [0.5, 0.6) is 5.75 Å². The highest BCUT2D eigenvalue weighted by Crippen LogP contribution is 2.16. The number of esters is 1. The van der Waals surface area contributed by atoms with Gasteiger partial charge in [0.05, 0.1) is 0 Å². The van der Waals surface area contributed by atoms with E-state index in [1.807, 2.05) is 20.8 Å². The number of benzene rings is 1. The van der Waals surface area contributed by atoms with Crippen LogP contribution in [0.25, 0.3) is 0 Å². The first kappa shape index (κ1) is 28.0. The van der Waals surface area contributed by atoms with Gasteiger partial charge in [0.2, 0.25) is 5.91 Å². The van der Waals surface area contributed by atoms with Gasteiger partial charge in [-0.3, -0.25) is 9.59 Å². The Hall–Kier alpha value is -2.04. The second kappa shape index (κ2) is 16.6. The molecule has 0 saturated carbocycles. The van der Waals surface area contributed by atoms with Gasteiger partial charge in [-0.2, -0.15) is 0 Å². The molecule has 1 aromatic carbocycles. The molecule has 0 radical (unpaired) electrons. The number of rotatable bonds is 17. The molecule has 0 spiro atoms. The topological polar surface area (TPSA) is 75.6 Å². The van der Waals surface area contributed by atoms with E-state index in [1.54, 1.807) is 24.3 Å². The summed E-state index contributed by atoms with van der Waals surface area (Å²) < 4.78 is 5.32. The van der Waals surface area contributed by atoms with Crippen molar-refractivity contribution in [2.45, 2.75) is 123 Å². The van der Waals surface area contributed by atoms with Gasteiger partial charge >= 0.3 is 5.97 Å². The molecular weight excluding hydrogens is 402 g/mol. The lowest BCUT2D eigenvalue weighted by atomic mass is 10.0. The van der Waals surface area contributed by atoms with Crippen molar-refractivity contribution in [2.24, 2.45) is 0 Å². The fraction of sp³-hybridized carbons (Fsp3) is 0.704. The maximum atomic E-state index is 11.9. The van der Waals surface area contributed by atoms with Crippen molar-refractivity contribution in [3.05, 3.63) is 24.3 Å². The number of hydrogen-bond acceptors (Lipinski definition) is 4. The van der Waals surface area contributed by atoms with Crippen LogP contribution in [0.2, 0.25) is 0 Å². The monoisotopic (exact) mass is 447 g/mol. The molecule has 0 aromatic heterocycles. The fourth-order valence-corrected chi connectivity index (χ4v) is 3.66. The lowest BCUT2D eigenvalue weighted by Crippen LogP contribution is -2.23. The molecular formula is C27H45NO4. The molecule has 5 heteroatoms. The minimum atomic E-state index is -0.372. The van der Waals surface area contributed by atoms with Crippen LogP contribution in [-0.4, -0.2) is 22.6 Å². The Bertz CT molecular complexity index is 634. The zero-order chi connectivity index (χ0) is 23.7. The Labute approximate surface area is 195 Å². The zero-order valence-electron chi connectivity index (χ0n) is 20.6. The van der Waals surface area contributed by atoms with E-state index in [4.69, 9.17) is 4.74 Å². The van der Waals surface area contributed by atoms with Crippen molar-refractivity contribution in [1.82, 2.24) is 0 Å². The van der Waals surface area contributed by atoms with E-state index in [1.165, 1.54) is 57.8 Å². The smallest absolute Gasteiger partial charge is 0.306 e. The molecule has 0 aliphatic carbocycles. The predicted molar refractivity (Wildman–Crippen MR) is 132 cm³/mol. The molecule has 0 aliphatic heterocycles. The third kappa shape index (κ3) is 16.6. The first-order chi connectivity index (χ1) is 15.3. The third-order valence-electron chi connectivity index (χ3n) is 5.36. The Balaban J connectivity index is 1.81. The average molecular weight is 448 g/mol. The molecule has 0 bridgehead atoms. The largest absolute Gasteiger partial charge is 0.508 e. The minimum absolute atomic E-state index is 0.0422. The van der Waals surface area contributed by atoms with E-state index < -0.39 is 0 Å². The predicted octanol–water partition coefficient (Wildman–Crippen LogP) is 7.52. The number of ether oxygens (including phenoxy) is 1. The molecule has 1 rings (SSSR count). The molecule has 182 valence electrons. The number of unbranched alkanes of at least 4 members (excludes halogenated alkanes) is 12. The number of hydrogen-bond donors (Lipinski definition) is 2. The summed E-state index contributed by atoms with van der Waals surface area (Å²) in [6.45, 7) is 5.73. The summed E-state index contributed by atoms with van der Waals surface area (Å²) in [7, 11) is 0. The molecule has 0 atom stereocenters. The number of anilines is 1. The Kier molecular flexibility index (Phi) is 14.5. The number of aromatic hydroxyl groups is 1. The summed E-state index contributed by atoms with van der Waals surface area (Å²) in [4.78, 5) is 23.5. The second-order valence-corrected chi connectivity index (χ2v) is 9.78. The summed E-state index contributed by atoms with van der Waals surface area (Å²) in [6, 6.07) is 6.56. The van der Waals surface area contributed by atoms with Gasteiger partial charge in [-0.1, -0.05) is 70.6 Å². The van der Waals surface area contributed by atoms with E-state index in [2.05, 4.69) is 5.32 Å². The Morgan fingerprint density at radius 3 is 1.56 bits per heavy atom. The van der Waals surface area contributed by atoms with Crippen LogP contribution < -0.4 is 5.32 Å². The highest BCUT2D eigenvalue weighted by molar-refractivity contribution is 5.90. The van der Waals surface area contributed by atoms with Crippen LogP contribution >= 0.6 is 0 Å². The average Bonchev–Trinajstić information content (AvgIpc) is 2.71. The maximum Gasteiger partial charge on any atom is 0.306 e. The maximum absolute atomic E-state index is 11.9. The lowest BCUT2D eigenvalue weighted by molar-refractivity contribution is -0.154. The SMILES string of the molecule is CC(C)(C)OC(=O)CCCCCCCCCCCCCCCC(=O)Nc1ccc(O)cc1. The van der Waals surface area contributed by atoms with Crippen molar-refractivity contribution < 1.29 is 19.4 Å². The number of phenolic OH excluding ortho intramolecular Hbond substituents is 1. The van der Waals surface area contributed by atoms with Crippen LogP contribution in [-0.2, 0) is 14.3 Å². The van der Waals surface area contributed by atoms with Gasteiger partial charge in [0.1, 0.15) is 11.4 Å². The van der Waals surface area contributed by atoms with Crippen LogP contribution in [0.1, 0.15) is 117 Å². The summed E-state index contributed by atoms with van der Waals surface area (Å²) in [6.07, 6.45) is 16.6. The van der Waals surface area contributed by atoms with Crippen molar-refractivity contribution in [2.75, 3.05) is 5.32 Å². The molecule has 0 fully saturated rings. The number of carbonyl (C=O) groups excluding carboxylic acids is 2. The van der Waals surface area contributed by atoms with E-state index >= 15 is 0 Å². The lowest BCUT2D eigenvalue weighted by Gasteiger charge is -2.19. The van der Waals surface area contributed by atoms with Crippen molar-refractivity contribution in [1.29, 1.82) is 0 Å². The van der Waals surface area contributed by atoms with Crippen molar-refractivity contribution in [3.63, 3.8) is 0 Å². The van der Waals surface area contributed by atoms with Gasteiger partial charge < -0.3 is 15.2 Å². The fourth-order valence-electron chi connectivity index (χ4n) is 3.66. The first-order valence-electron chi connectivity index (χ1n) is 12.6. The van der Waals surface area contributed by atoms with E-state index in [0.717, 1.165) is 31.4 Å². The molecule has 2 N–H and O–H groups in total. The van der Waals surface area contributed by atoms with Gasteiger partial charge in [0, 0.05) is 18.5 Å². The molecule has 0 heterocycles. The van der Waals surface area contributed by atoms with Gasteiger partial charge in [-0.15, -0.1) is 0 Å². The number of nitrogens with one attached hydrogen (secondary N) is 1. The zero-order valence-corrected chi connectivity index (χ0v) is 20.6. The van der Waals surface area contributed by atoms with Crippen molar-refractivity contribution >= 4 is 17.6 Å². The molecule has 32 heavy (non-hydrogen) atoms. The van der Waals surface area contributed by atoms with Gasteiger partial charge in [0.25, 0.3) is 0 Å². The van der Waals surface area contributed by atoms with Gasteiger partial charge in [0.15, 0.2) is 0 Å². The third-order valence-corrected chi connectivity index (χ3v) is 5.36. The standard InChI is InChI=1S/C27H45NO4/c1-27(2,3)32-26(31)18-16-14-12-10-8-6-4-5-7-9-11-13-15-17-25(30)28-23-19-21-24(29)22-20-23/h19-22,29H,4-18H2,1-3H3,(H,28,30). The quantitative estimate of drug-likeness (QED) is 0.147. The van der Waals surface area contributed by atoms with E-state index in [9.17, 15) is 14.7 Å². The Morgan fingerprint density at radius 1 is 0.719 bits per heavy atom. The van der Waals surface area contributed by atoms with Crippen LogP contribution in [0, 0.1) is 0 Å². The first-order valence-corrected chi connectivity index (χ1v) is 12.6. The molecule has 0 saturated heterocycles. The molecule has 0 aliphatic rings. The van der Waals surface area contributed by atoms with E-state index in [-0.39, 0.29) is 23.2 Å². The summed E-state index contributed by atoms with van der Waals surface area (Å²) >= 11 is 0.